The van der Waals surface area contributed by atoms with E-state index in [-0.39, 0.29) is 17.6 Å². The topological polar surface area (TPSA) is 46.5 Å². The van der Waals surface area contributed by atoms with E-state index < -0.39 is 14.3 Å². The van der Waals surface area contributed by atoms with E-state index in [4.69, 9.17) is 9.53 Å². The molecule has 0 spiro atoms. The van der Waals surface area contributed by atoms with Crippen LogP contribution in [-0.2, 0) is 9.22 Å². The van der Waals surface area contributed by atoms with Gasteiger partial charge in [-0.25, -0.2) is 0 Å². The van der Waals surface area contributed by atoms with Crippen molar-refractivity contribution >= 4 is 20.4 Å². The van der Waals surface area contributed by atoms with Crippen LogP contribution >= 0.6 is 0 Å². The van der Waals surface area contributed by atoms with Crippen LogP contribution in [0, 0.1) is 0 Å². The Kier molecular flexibility index (Phi) is 7.87. The number of carboxylic acid groups (broad SMARTS) is 1. The third kappa shape index (κ3) is 7.43. The van der Waals surface area contributed by atoms with Gasteiger partial charge in [0, 0.05) is 6.42 Å². The minimum absolute atomic E-state index is 0.0831. The molecule has 0 heterocycles. The summed E-state index contributed by atoms with van der Waals surface area (Å²) in [5.41, 5.74) is 5.48. The Hall–Kier alpha value is -1.61. The van der Waals surface area contributed by atoms with Crippen LogP contribution in [-0.4, -0.2) is 25.5 Å². The van der Waals surface area contributed by atoms with Gasteiger partial charge in [0.2, 0.25) is 0 Å². The molecule has 0 bridgehead atoms. The summed E-state index contributed by atoms with van der Waals surface area (Å²) < 4.78 is 6.56. The lowest BCUT2D eigenvalue weighted by molar-refractivity contribution is -0.137. The molecule has 1 rings (SSSR count). The molecule has 0 unspecified atom stereocenters. The summed E-state index contributed by atoms with van der Waals surface area (Å²) in [6.07, 6.45) is 3.38. The molecule has 0 aliphatic carbocycles. The molecule has 1 N–H and O–H groups in total. The highest BCUT2D eigenvalue weighted by atomic mass is 28.4. The second kappa shape index (κ2) is 9.19. The first-order chi connectivity index (χ1) is 11.5. The van der Waals surface area contributed by atoms with Gasteiger partial charge < -0.3 is 9.53 Å². The number of carbonyl (C=O) groups is 1. The highest BCUT2D eigenvalue weighted by Gasteiger charge is 2.39. The third-order valence-electron chi connectivity index (χ3n) is 4.85. The zero-order valence-corrected chi connectivity index (χ0v) is 17.4. The number of hydrogen-bond acceptors (Lipinski definition) is 2. The van der Waals surface area contributed by atoms with Crippen molar-refractivity contribution in [2.24, 2.45) is 0 Å². The van der Waals surface area contributed by atoms with Crippen molar-refractivity contribution in [2.45, 2.75) is 71.2 Å². The lowest BCUT2D eigenvalue weighted by Gasteiger charge is -2.39. The van der Waals surface area contributed by atoms with E-state index in [1.54, 1.807) is 0 Å². The van der Waals surface area contributed by atoms with Crippen molar-refractivity contribution < 1.29 is 14.3 Å². The first-order valence-electron chi connectivity index (χ1n) is 8.91. The van der Waals surface area contributed by atoms with E-state index in [9.17, 15) is 4.79 Å². The highest BCUT2D eigenvalue weighted by molar-refractivity contribution is 6.74. The average molecular weight is 361 g/mol. The lowest BCUT2D eigenvalue weighted by Crippen LogP contribution is -2.44. The first-order valence-corrected chi connectivity index (χ1v) is 11.8. The molecule has 1 atom stereocenters. The molecule has 25 heavy (non-hydrogen) atoms. The maximum Gasteiger partial charge on any atom is 0.303 e. The minimum atomic E-state index is -1.94. The molecule has 0 fully saturated rings. The van der Waals surface area contributed by atoms with E-state index >= 15 is 0 Å². The smallest absolute Gasteiger partial charge is 0.303 e. The van der Waals surface area contributed by atoms with Gasteiger partial charge in [0.15, 0.2) is 8.32 Å². The maximum atomic E-state index is 10.8. The van der Waals surface area contributed by atoms with Crippen LogP contribution in [0.25, 0.3) is 6.08 Å². The molecule has 0 aliphatic heterocycles. The van der Waals surface area contributed by atoms with Crippen molar-refractivity contribution in [1.29, 1.82) is 0 Å². The Morgan fingerprint density at radius 1 is 1.28 bits per heavy atom. The molecule has 4 heteroatoms. The Balaban J connectivity index is 3.00. The normalized spacial score (nSPS) is 13.0. The van der Waals surface area contributed by atoms with Gasteiger partial charge >= 0.3 is 5.97 Å². The van der Waals surface area contributed by atoms with Gasteiger partial charge in [0.25, 0.3) is 0 Å². The number of carboxylic acids is 1. The zero-order chi connectivity index (χ0) is 19.1. The summed E-state index contributed by atoms with van der Waals surface area (Å²) in [6, 6.07) is 10.1. The maximum absolute atomic E-state index is 10.8. The van der Waals surface area contributed by atoms with Crippen LogP contribution in [0.15, 0.2) is 41.6 Å². The molecule has 0 saturated carbocycles. The Morgan fingerprint density at radius 3 is 2.40 bits per heavy atom. The molecule has 0 aliphatic rings. The molecule has 0 radical (unpaired) electrons. The van der Waals surface area contributed by atoms with Crippen molar-refractivity contribution in [3.8, 4) is 0 Å². The van der Waals surface area contributed by atoms with Crippen LogP contribution in [0.3, 0.4) is 0 Å². The fourth-order valence-corrected chi connectivity index (χ4v) is 3.53. The van der Waals surface area contributed by atoms with Gasteiger partial charge in [-0.2, -0.15) is 0 Å². The van der Waals surface area contributed by atoms with Crippen LogP contribution < -0.4 is 0 Å². The summed E-state index contributed by atoms with van der Waals surface area (Å²) in [7, 11) is -1.94. The van der Waals surface area contributed by atoms with E-state index in [0.717, 1.165) is 11.1 Å². The summed E-state index contributed by atoms with van der Waals surface area (Å²) >= 11 is 0. The van der Waals surface area contributed by atoms with Crippen LogP contribution in [0.1, 0.15) is 52.5 Å². The molecule has 138 valence electrons. The number of rotatable bonds is 8. The van der Waals surface area contributed by atoms with Gasteiger partial charge in [-0.05, 0) is 55.1 Å². The van der Waals surface area contributed by atoms with Crippen molar-refractivity contribution in [1.82, 2.24) is 0 Å². The van der Waals surface area contributed by atoms with E-state index in [0.29, 0.717) is 12.8 Å². The van der Waals surface area contributed by atoms with Crippen LogP contribution in [0.5, 0.6) is 0 Å². The fraction of sp³-hybridized carbons (Fsp3) is 0.524. The van der Waals surface area contributed by atoms with E-state index in [2.05, 4.69) is 39.6 Å². The van der Waals surface area contributed by atoms with Gasteiger partial charge in [-0.1, -0.05) is 51.1 Å². The molecule has 0 saturated heterocycles. The first kappa shape index (κ1) is 21.4. The molecule has 3 nitrogen and oxygen atoms in total. The minimum Gasteiger partial charge on any atom is -0.481 e. The Labute approximate surface area is 153 Å². The number of aliphatic carboxylic acids is 1. The fourth-order valence-electron chi connectivity index (χ4n) is 2.17. The molecule has 0 aromatic heterocycles. The van der Waals surface area contributed by atoms with Gasteiger partial charge in [0.05, 0.1) is 6.10 Å². The van der Waals surface area contributed by atoms with E-state index in [1.807, 2.05) is 43.3 Å². The van der Waals surface area contributed by atoms with Crippen molar-refractivity contribution in [3.05, 3.63) is 47.2 Å². The molecule has 1 aromatic carbocycles. The predicted octanol–water partition coefficient (Wildman–Crippen LogP) is 5.89. The lowest BCUT2D eigenvalue weighted by atomic mass is 10.1. The third-order valence-corrected chi connectivity index (χ3v) is 9.34. The molecular weight excluding hydrogens is 328 g/mol. The van der Waals surface area contributed by atoms with Crippen LogP contribution in [0.4, 0.5) is 0 Å². The SMILES string of the molecule is CC(=C=Cc1ccccc1)[C@H](CCCC(=O)O)O[Si](C)(C)C(C)(C)C. The van der Waals surface area contributed by atoms with Crippen molar-refractivity contribution in [2.75, 3.05) is 0 Å². The summed E-state index contributed by atoms with van der Waals surface area (Å²) in [5, 5.41) is 9.03. The van der Waals surface area contributed by atoms with E-state index in [1.165, 1.54) is 0 Å². The monoisotopic (exact) mass is 360 g/mol. The second-order valence-electron chi connectivity index (χ2n) is 8.04. The molecular formula is C21H32O3Si. The van der Waals surface area contributed by atoms with Crippen molar-refractivity contribution in [3.63, 3.8) is 0 Å². The van der Waals surface area contributed by atoms with Gasteiger partial charge in [-0.15, -0.1) is 5.73 Å². The number of hydrogen-bond donors (Lipinski definition) is 1. The molecule has 1 aromatic rings. The highest BCUT2D eigenvalue weighted by Crippen LogP contribution is 2.38. The summed E-state index contributed by atoms with van der Waals surface area (Å²) in [5.74, 6) is -0.757. The van der Waals surface area contributed by atoms with Gasteiger partial charge in [-0.3, -0.25) is 4.79 Å². The van der Waals surface area contributed by atoms with Crippen LogP contribution in [0.2, 0.25) is 18.1 Å². The Morgan fingerprint density at radius 2 is 1.88 bits per heavy atom. The summed E-state index contributed by atoms with van der Waals surface area (Å²) in [6.45, 7) is 13.1. The molecule has 0 amide bonds. The summed E-state index contributed by atoms with van der Waals surface area (Å²) in [4.78, 5) is 10.8. The average Bonchev–Trinajstić information content (AvgIpc) is 2.51. The second-order valence-corrected chi connectivity index (χ2v) is 12.8. The Bertz CT molecular complexity index is 620. The standard InChI is InChI=1S/C21H32O3Si/c1-17(15-16-18-11-8-7-9-12-18)19(13-10-14-20(22)23)24-25(5,6)21(2,3)4/h7-9,11-12,16,19H,10,13-14H2,1-6H3,(H,22,23)/t15?,19-/m0/s1. The quantitative estimate of drug-likeness (QED) is 0.464. The number of benzene rings is 1. The predicted molar refractivity (Wildman–Crippen MR) is 107 cm³/mol. The van der Waals surface area contributed by atoms with Gasteiger partial charge in [0.1, 0.15) is 0 Å². The zero-order valence-electron chi connectivity index (χ0n) is 16.4. The largest absolute Gasteiger partial charge is 0.481 e.